The summed E-state index contributed by atoms with van der Waals surface area (Å²) in [5.74, 6) is -1.17. The van der Waals surface area contributed by atoms with Gasteiger partial charge in [-0.2, -0.15) is 4.31 Å². The highest BCUT2D eigenvalue weighted by Gasteiger charge is 2.31. The summed E-state index contributed by atoms with van der Waals surface area (Å²) in [5.41, 5.74) is 6.91. The van der Waals surface area contributed by atoms with Crippen LogP contribution in [0, 0.1) is 0 Å². The minimum absolute atomic E-state index is 0.0563. The first-order valence-electron chi connectivity index (χ1n) is 11.2. The summed E-state index contributed by atoms with van der Waals surface area (Å²) in [6, 6.07) is 5.74. The van der Waals surface area contributed by atoms with E-state index in [0.717, 1.165) is 29.7 Å². The van der Waals surface area contributed by atoms with Crippen LogP contribution in [0.1, 0.15) is 64.3 Å². The van der Waals surface area contributed by atoms with Gasteiger partial charge in [0, 0.05) is 36.5 Å². The number of nitrogens with two attached hydrogens (primary N) is 1. The van der Waals surface area contributed by atoms with Crippen molar-refractivity contribution in [3.05, 3.63) is 45.8 Å². The molecule has 3 heterocycles. The Morgan fingerprint density at radius 3 is 2.44 bits per heavy atom. The molecule has 11 heteroatoms. The van der Waals surface area contributed by atoms with Crippen LogP contribution in [-0.4, -0.2) is 54.5 Å². The molecule has 1 aromatic carbocycles. The molecule has 9 nitrogen and oxygen atoms in total. The Kier molecular flexibility index (Phi) is 6.79. The Labute approximate surface area is 203 Å². The molecule has 4 rings (SSSR count). The molecule has 0 bridgehead atoms. The number of nitrogens with one attached hydrogen (secondary N) is 1. The van der Waals surface area contributed by atoms with Crippen LogP contribution >= 0.6 is 11.3 Å². The molecule has 1 aromatic heterocycles. The van der Waals surface area contributed by atoms with Crippen molar-refractivity contribution >= 4 is 44.1 Å². The standard InChI is InChI=1S/C23H28N4O5S2/c1-14-5-3-4-11-27(14)34(31,32)17-8-6-16(7-9-17)22(30)25-23-20(21(24)29)18-10-12-26(15(2)28)13-19(18)33-23/h6-9,14H,3-5,10-13H2,1-2H3,(H2,24,29)(H,25,30). The smallest absolute Gasteiger partial charge is 0.256 e. The molecule has 1 atom stereocenters. The zero-order chi connectivity index (χ0) is 24.6. The van der Waals surface area contributed by atoms with E-state index in [0.29, 0.717) is 31.1 Å². The fourth-order valence-electron chi connectivity index (χ4n) is 4.54. The fourth-order valence-corrected chi connectivity index (χ4v) is 7.50. The van der Waals surface area contributed by atoms with E-state index in [1.54, 1.807) is 4.90 Å². The SMILES string of the molecule is CC(=O)N1CCc2c(sc(NC(=O)c3ccc(S(=O)(=O)N4CCCCC4C)cc3)c2C(N)=O)C1. The normalized spacial score (nSPS) is 18.9. The van der Waals surface area contributed by atoms with Gasteiger partial charge in [0.1, 0.15) is 5.00 Å². The number of nitrogens with zero attached hydrogens (tertiary/aromatic N) is 2. The first kappa shape index (κ1) is 24.4. The highest BCUT2D eigenvalue weighted by Crippen LogP contribution is 2.37. The highest BCUT2D eigenvalue weighted by molar-refractivity contribution is 7.89. The third kappa shape index (κ3) is 4.59. The van der Waals surface area contributed by atoms with E-state index >= 15 is 0 Å². The maximum Gasteiger partial charge on any atom is 0.256 e. The van der Waals surface area contributed by atoms with Gasteiger partial charge in [0.05, 0.1) is 17.0 Å². The van der Waals surface area contributed by atoms with E-state index in [1.807, 2.05) is 6.92 Å². The minimum Gasteiger partial charge on any atom is -0.365 e. The highest BCUT2D eigenvalue weighted by atomic mass is 32.2. The Morgan fingerprint density at radius 2 is 1.82 bits per heavy atom. The van der Waals surface area contributed by atoms with Gasteiger partial charge in [0.2, 0.25) is 15.9 Å². The molecule has 2 aliphatic heterocycles. The van der Waals surface area contributed by atoms with Crippen molar-refractivity contribution < 1.29 is 22.8 Å². The zero-order valence-electron chi connectivity index (χ0n) is 19.2. The van der Waals surface area contributed by atoms with Gasteiger partial charge in [-0.15, -0.1) is 11.3 Å². The number of amides is 3. The fraction of sp³-hybridized carbons (Fsp3) is 0.435. The van der Waals surface area contributed by atoms with E-state index in [9.17, 15) is 22.8 Å². The number of hydrogen-bond donors (Lipinski definition) is 2. The number of thiophene rings is 1. The van der Waals surface area contributed by atoms with Crippen molar-refractivity contribution in [1.82, 2.24) is 9.21 Å². The molecular formula is C23H28N4O5S2. The van der Waals surface area contributed by atoms with Crippen LogP contribution in [0.5, 0.6) is 0 Å². The molecule has 2 aliphatic rings. The predicted octanol–water partition coefficient (Wildman–Crippen LogP) is 2.57. The molecule has 1 unspecified atom stereocenters. The summed E-state index contributed by atoms with van der Waals surface area (Å²) in [5, 5.41) is 3.09. The van der Waals surface area contributed by atoms with Crippen LogP contribution in [0.4, 0.5) is 5.00 Å². The van der Waals surface area contributed by atoms with E-state index in [4.69, 9.17) is 5.73 Å². The number of benzene rings is 1. The quantitative estimate of drug-likeness (QED) is 0.646. The minimum atomic E-state index is -3.63. The number of hydrogen-bond acceptors (Lipinski definition) is 6. The van der Waals surface area contributed by atoms with Crippen molar-refractivity contribution in [3.8, 4) is 0 Å². The van der Waals surface area contributed by atoms with Crippen LogP contribution in [0.15, 0.2) is 29.2 Å². The van der Waals surface area contributed by atoms with Crippen LogP contribution in [-0.2, 0) is 27.8 Å². The van der Waals surface area contributed by atoms with Crippen LogP contribution in [0.2, 0.25) is 0 Å². The molecule has 0 spiro atoms. The van der Waals surface area contributed by atoms with Crippen molar-refractivity contribution in [2.24, 2.45) is 5.73 Å². The second-order valence-corrected chi connectivity index (χ2v) is 11.7. The third-order valence-corrected chi connectivity index (χ3v) is 9.60. The van der Waals surface area contributed by atoms with Gasteiger partial charge in [0.25, 0.3) is 11.8 Å². The lowest BCUT2D eigenvalue weighted by Gasteiger charge is -2.32. The van der Waals surface area contributed by atoms with E-state index in [-0.39, 0.29) is 28.0 Å². The average molecular weight is 505 g/mol. The lowest BCUT2D eigenvalue weighted by Crippen LogP contribution is -2.41. The number of anilines is 1. The van der Waals surface area contributed by atoms with Crippen LogP contribution in [0.3, 0.4) is 0 Å². The first-order chi connectivity index (χ1) is 16.1. The maximum absolute atomic E-state index is 13.0. The number of carbonyl (C=O) groups excluding carboxylic acids is 3. The molecule has 3 N–H and O–H groups in total. The molecule has 0 aliphatic carbocycles. The summed E-state index contributed by atoms with van der Waals surface area (Å²) in [6.45, 7) is 4.74. The molecule has 1 saturated heterocycles. The second-order valence-electron chi connectivity index (χ2n) is 8.70. The number of carbonyl (C=O) groups is 3. The van der Waals surface area contributed by atoms with Gasteiger partial charge in [-0.1, -0.05) is 6.42 Å². The Morgan fingerprint density at radius 1 is 1.12 bits per heavy atom. The number of fused-ring (bicyclic) bond motifs is 1. The lowest BCUT2D eigenvalue weighted by atomic mass is 10.0. The van der Waals surface area contributed by atoms with Gasteiger partial charge in [-0.3, -0.25) is 14.4 Å². The van der Waals surface area contributed by atoms with Crippen molar-refractivity contribution in [1.29, 1.82) is 0 Å². The summed E-state index contributed by atoms with van der Waals surface area (Å²) >= 11 is 1.23. The van der Waals surface area contributed by atoms with Gasteiger partial charge >= 0.3 is 0 Å². The molecule has 1 fully saturated rings. The molecule has 0 saturated carbocycles. The third-order valence-electron chi connectivity index (χ3n) is 6.44. The first-order valence-corrected chi connectivity index (χ1v) is 13.5. The molecule has 0 radical (unpaired) electrons. The second kappa shape index (κ2) is 9.47. The van der Waals surface area contributed by atoms with Gasteiger partial charge in [0.15, 0.2) is 0 Å². The number of rotatable bonds is 5. The van der Waals surface area contributed by atoms with Crippen molar-refractivity contribution in [2.45, 2.75) is 57.0 Å². The Hall–Kier alpha value is -2.76. The number of piperidine rings is 1. The van der Waals surface area contributed by atoms with Gasteiger partial charge in [-0.05, 0) is 56.0 Å². The summed E-state index contributed by atoms with van der Waals surface area (Å²) in [7, 11) is -3.63. The van der Waals surface area contributed by atoms with E-state index in [2.05, 4.69) is 5.32 Å². The Bertz CT molecular complexity index is 1240. The summed E-state index contributed by atoms with van der Waals surface area (Å²) in [4.78, 5) is 39.4. The van der Waals surface area contributed by atoms with Crippen LogP contribution in [0.25, 0.3) is 0 Å². The lowest BCUT2D eigenvalue weighted by molar-refractivity contribution is -0.129. The summed E-state index contributed by atoms with van der Waals surface area (Å²) < 4.78 is 27.6. The van der Waals surface area contributed by atoms with Gasteiger partial charge in [-0.25, -0.2) is 8.42 Å². The van der Waals surface area contributed by atoms with Crippen LogP contribution < -0.4 is 11.1 Å². The maximum atomic E-state index is 13.0. The monoisotopic (exact) mass is 504 g/mol. The zero-order valence-corrected chi connectivity index (χ0v) is 20.8. The molecule has 3 amide bonds. The largest absolute Gasteiger partial charge is 0.365 e. The number of primary amides is 1. The molecule has 182 valence electrons. The van der Waals surface area contributed by atoms with E-state index < -0.39 is 21.8 Å². The Balaban J connectivity index is 1.55. The molecular weight excluding hydrogens is 476 g/mol. The van der Waals surface area contributed by atoms with Crippen molar-refractivity contribution in [3.63, 3.8) is 0 Å². The number of sulfonamides is 1. The van der Waals surface area contributed by atoms with Crippen molar-refractivity contribution in [2.75, 3.05) is 18.4 Å². The van der Waals surface area contributed by atoms with E-state index in [1.165, 1.54) is 46.8 Å². The molecule has 2 aromatic rings. The summed E-state index contributed by atoms with van der Waals surface area (Å²) in [6.07, 6.45) is 3.16. The van der Waals surface area contributed by atoms with Gasteiger partial charge < -0.3 is 16.0 Å². The molecule has 34 heavy (non-hydrogen) atoms. The average Bonchev–Trinajstić information content (AvgIpc) is 3.16. The topological polar surface area (TPSA) is 130 Å². The predicted molar refractivity (Wildman–Crippen MR) is 129 cm³/mol.